The van der Waals surface area contributed by atoms with Crippen LogP contribution >= 0.6 is 27.5 Å². The van der Waals surface area contributed by atoms with Crippen molar-refractivity contribution in [3.63, 3.8) is 0 Å². The van der Waals surface area contributed by atoms with E-state index in [2.05, 4.69) is 25.9 Å². The van der Waals surface area contributed by atoms with Crippen LogP contribution in [0.5, 0.6) is 5.75 Å². The highest BCUT2D eigenvalue weighted by Crippen LogP contribution is 2.32. The summed E-state index contributed by atoms with van der Waals surface area (Å²) in [5, 5.41) is 0.426. The number of methoxy groups -OCH3 is 1. The highest BCUT2D eigenvalue weighted by atomic mass is 79.9. The van der Waals surface area contributed by atoms with Crippen LogP contribution in [0.25, 0.3) is 11.3 Å². The molecular formula is C10H9BrClN3O. The summed E-state index contributed by atoms with van der Waals surface area (Å²) in [5.74, 6) is 1.05. The minimum Gasteiger partial charge on any atom is -0.496 e. The van der Waals surface area contributed by atoms with Crippen LogP contribution in [-0.2, 0) is 0 Å². The Morgan fingerprint density at radius 3 is 2.75 bits per heavy atom. The molecule has 84 valence electrons. The first kappa shape index (κ1) is 11.3. The second-order valence-electron chi connectivity index (χ2n) is 3.13. The summed E-state index contributed by atoms with van der Waals surface area (Å²) in [6, 6.07) is 5.58. The minimum atomic E-state index is 0.298. The molecule has 6 heteroatoms. The van der Waals surface area contributed by atoms with E-state index in [0.717, 1.165) is 15.8 Å². The van der Waals surface area contributed by atoms with Gasteiger partial charge >= 0.3 is 0 Å². The fourth-order valence-electron chi connectivity index (χ4n) is 1.37. The first-order chi connectivity index (χ1) is 7.61. The molecule has 2 rings (SSSR count). The average molecular weight is 303 g/mol. The van der Waals surface area contributed by atoms with E-state index in [9.17, 15) is 0 Å². The Labute approximate surface area is 106 Å². The number of nitrogens with two attached hydrogens (primary N) is 1. The molecule has 0 unspecified atom stereocenters. The van der Waals surface area contributed by atoms with Crippen molar-refractivity contribution < 1.29 is 4.74 Å². The third-order valence-electron chi connectivity index (χ3n) is 2.10. The van der Waals surface area contributed by atoms with Crippen LogP contribution in [0.2, 0.25) is 5.15 Å². The van der Waals surface area contributed by atoms with Gasteiger partial charge in [-0.05, 0) is 34.1 Å². The molecule has 0 fully saturated rings. The lowest BCUT2D eigenvalue weighted by atomic mass is 10.1. The molecule has 1 heterocycles. The van der Waals surface area contributed by atoms with Gasteiger partial charge in [-0.3, -0.25) is 0 Å². The molecule has 0 radical (unpaired) electrons. The van der Waals surface area contributed by atoms with Gasteiger partial charge in [-0.25, -0.2) is 4.98 Å². The number of nitrogens with zero attached hydrogens (tertiary/aromatic N) is 1. The maximum Gasteiger partial charge on any atom is 0.199 e. The second-order valence-corrected chi connectivity index (χ2v) is 4.37. The lowest BCUT2D eigenvalue weighted by Gasteiger charge is -2.04. The van der Waals surface area contributed by atoms with Crippen molar-refractivity contribution in [2.24, 2.45) is 0 Å². The molecule has 0 amide bonds. The number of ether oxygens (including phenoxy) is 1. The molecule has 3 N–H and O–H groups in total. The van der Waals surface area contributed by atoms with Crippen molar-refractivity contribution in [3.05, 3.63) is 27.8 Å². The molecule has 0 saturated heterocycles. The maximum absolute atomic E-state index is 5.96. The van der Waals surface area contributed by atoms with Crippen molar-refractivity contribution in [1.29, 1.82) is 0 Å². The first-order valence-electron chi connectivity index (χ1n) is 4.46. The highest BCUT2D eigenvalue weighted by molar-refractivity contribution is 9.10. The molecule has 0 atom stereocenters. The quantitative estimate of drug-likeness (QED) is 0.896. The molecule has 0 aliphatic heterocycles. The second kappa shape index (κ2) is 4.35. The summed E-state index contributed by atoms with van der Waals surface area (Å²) in [6.07, 6.45) is 0. The number of benzene rings is 1. The molecular weight excluding hydrogens is 293 g/mol. The Morgan fingerprint density at radius 2 is 2.25 bits per heavy atom. The van der Waals surface area contributed by atoms with Gasteiger partial charge in [0.2, 0.25) is 0 Å². The highest BCUT2D eigenvalue weighted by Gasteiger charge is 2.10. The first-order valence-corrected chi connectivity index (χ1v) is 5.64. The van der Waals surface area contributed by atoms with Crippen molar-refractivity contribution in [2.45, 2.75) is 0 Å². The summed E-state index contributed by atoms with van der Waals surface area (Å²) < 4.78 is 5.98. The van der Waals surface area contributed by atoms with Crippen molar-refractivity contribution in [3.8, 4) is 17.0 Å². The molecule has 16 heavy (non-hydrogen) atoms. The van der Waals surface area contributed by atoms with Gasteiger partial charge in [0.05, 0.1) is 11.6 Å². The SMILES string of the molecule is COc1ccc(-c2nc(N)[nH]c2Cl)cc1Br. The van der Waals surface area contributed by atoms with Gasteiger partial charge in [0.25, 0.3) is 0 Å². The number of nitrogens with one attached hydrogen (secondary N) is 1. The molecule has 0 spiro atoms. The number of hydrogen-bond acceptors (Lipinski definition) is 3. The fourth-order valence-corrected chi connectivity index (χ4v) is 2.16. The molecule has 2 aromatic rings. The molecule has 0 aliphatic carbocycles. The third-order valence-corrected chi connectivity index (χ3v) is 3.00. The summed E-state index contributed by atoms with van der Waals surface area (Å²) in [6.45, 7) is 0. The Balaban J connectivity index is 2.49. The average Bonchev–Trinajstić information content (AvgIpc) is 2.58. The molecule has 0 bridgehead atoms. The largest absolute Gasteiger partial charge is 0.496 e. The van der Waals surface area contributed by atoms with Gasteiger partial charge in [0.15, 0.2) is 5.95 Å². The van der Waals surface area contributed by atoms with Gasteiger partial charge in [-0.1, -0.05) is 11.6 Å². The smallest absolute Gasteiger partial charge is 0.199 e. The zero-order valence-electron chi connectivity index (χ0n) is 8.42. The lowest BCUT2D eigenvalue weighted by Crippen LogP contribution is -1.87. The number of H-pyrrole nitrogens is 1. The normalized spacial score (nSPS) is 10.4. The number of anilines is 1. The van der Waals surface area contributed by atoms with Gasteiger partial charge in [-0.15, -0.1) is 0 Å². The summed E-state index contributed by atoms with van der Waals surface area (Å²) in [7, 11) is 1.61. The van der Waals surface area contributed by atoms with E-state index in [1.807, 2.05) is 18.2 Å². The van der Waals surface area contributed by atoms with E-state index in [1.54, 1.807) is 7.11 Å². The van der Waals surface area contributed by atoms with Crippen LogP contribution in [0.15, 0.2) is 22.7 Å². The summed E-state index contributed by atoms with van der Waals surface area (Å²) >= 11 is 9.36. The van der Waals surface area contributed by atoms with Gasteiger partial charge in [0, 0.05) is 5.56 Å². The number of rotatable bonds is 2. The number of hydrogen-bond donors (Lipinski definition) is 2. The number of halogens is 2. The van der Waals surface area contributed by atoms with Crippen LogP contribution < -0.4 is 10.5 Å². The van der Waals surface area contributed by atoms with E-state index in [0.29, 0.717) is 16.8 Å². The van der Waals surface area contributed by atoms with E-state index in [-0.39, 0.29) is 0 Å². The van der Waals surface area contributed by atoms with Crippen LogP contribution in [-0.4, -0.2) is 17.1 Å². The van der Waals surface area contributed by atoms with Crippen LogP contribution in [0.1, 0.15) is 0 Å². The van der Waals surface area contributed by atoms with Crippen LogP contribution in [0.4, 0.5) is 5.95 Å². The molecule has 0 saturated carbocycles. The van der Waals surface area contributed by atoms with Gasteiger partial charge in [0.1, 0.15) is 16.6 Å². The zero-order chi connectivity index (χ0) is 11.7. The van der Waals surface area contributed by atoms with Gasteiger partial charge < -0.3 is 15.5 Å². The van der Waals surface area contributed by atoms with Crippen molar-refractivity contribution in [2.75, 3.05) is 12.8 Å². The minimum absolute atomic E-state index is 0.298. The van der Waals surface area contributed by atoms with Gasteiger partial charge in [-0.2, -0.15) is 0 Å². The monoisotopic (exact) mass is 301 g/mol. The maximum atomic E-state index is 5.96. The fraction of sp³-hybridized carbons (Fsp3) is 0.100. The Morgan fingerprint density at radius 1 is 1.50 bits per heavy atom. The standard InChI is InChI=1S/C10H9BrClN3O/c1-16-7-3-2-5(4-6(7)11)8-9(12)15-10(13)14-8/h2-4H,1H3,(H3,13,14,15). The Kier molecular flexibility index (Phi) is 3.07. The van der Waals surface area contributed by atoms with Crippen LogP contribution in [0, 0.1) is 0 Å². The van der Waals surface area contributed by atoms with Crippen molar-refractivity contribution >= 4 is 33.5 Å². The third kappa shape index (κ3) is 2.01. The molecule has 1 aromatic carbocycles. The van der Waals surface area contributed by atoms with Crippen molar-refractivity contribution in [1.82, 2.24) is 9.97 Å². The number of aromatic nitrogens is 2. The predicted octanol–water partition coefficient (Wildman–Crippen LogP) is 3.08. The zero-order valence-corrected chi connectivity index (χ0v) is 10.8. The lowest BCUT2D eigenvalue weighted by molar-refractivity contribution is 0.412. The number of imidazole rings is 1. The summed E-state index contributed by atoms with van der Waals surface area (Å²) in [5.41, 5.74) is 7.02. The Hall–Kier alpha value is -1.20. The molecule has 0 aliphatic rings. The summed E-state index contributed by atoms with van der Waals surface area (Å²) in [4.78, 5) is 6.85. The Bertz CT molecular complexity index is 527. The van der Waals surface area contributed by atoms with E-state index < -0.39 is 0 Å². The molecule has 1 aromatic heterocycles. The van der Waals surface area contributed by atoms with E-state index >= 15 is 0 Å². The molecule has 4 nitrogen and oxygen atoms in total. The number of nitrogen functional groups attached to an aromatic ring is 1. The predicted molar refractivity (Wildman–Crippen MR) is 67.7 cm³/mol. The van der Waals surface area contributed by atoms with Crippen LogP contribution in [0.3, 0.4) is 0 Å². The van der Waals surface area contributed by atoms with E-state index in [4.69, 9.17) is 22.1 Å². The topological polar surface area (TPSA) is 63.9 Å². The van der Waals surface area contributed by atoms with E-state index in [1.165, 1.54) is 0 Å². The number of aromatic amines is 1.